The van der Waals surface area contributed by atoms with Crippen molar-refractivity contribution >= 4 is 28.8 Å². The molecule has 0 fully saturated rings. The van der Waals surface area contributed by atoms with E-state index in [0.29, 0.717) is 16.5 Å². The second-order valence-electron chi connectivity index (χ2n) is 4.77. The van der Waals surface area contributed by atoms with Gasteiger partial charge in [0, 0.05) is 16.0 Å². The number of hydrogen-bond donors (Lipinski definition) is 2. The van der Waals surface area contributed by atoms with Crippen molar-refractivity contribution in [1.29, 1.82) is 0 Å². The van der Waals surface area contributed by atoms with E-state index < -0.39 is 6.04 Å². The third-order valence-corrected chi connectivity index (χ3v) is 4.35. The second-order valence-corrected chi connectivity index (χ2v) is 6.06. The maximum absolute atomic E-state index is 12.3. The van der Waals surface area contributed by atoms with Crippen LogP contribution in [0, 0.1) is 0 Å². The lowest BCUT2D eigenvalue weighted by Gasteiger charge is -2.12. The lowest BCUT2D eigenvalue weighted by Crippen LogP contribution is -2.30. The summed E-state index contributed by atoms with van der Waals surface area (Å²) < 4.78 is 5.20. The summed E-state index contributed by atoms with van der Waals surface area (Å²) in [7, 11) is 0. The number of carbonyl (C=O) groups excluding carboxylic acids is 1. The van der Waals surface area contributed by atoms with Gasteiger partial charge in [-0.25, -0.2) is 4.98 Å². The number of aliphatic hydroxyl groups is 1. The van der Waals surface area contributed by atoms with Crippen LogP contribution in [-0.4, -0.2) is 22.6 Å². The lowest BCUT2D eigenvalue weighted by molar-refractivity contribution is 0.0903. The molecule has 2 aromatic heterocycles. The van der Waals surface area contributed by atoms with Crippen LogP contribution in [0.5, 0.6) is 0 Å². The Morgan fingerprint density at radius 2 is 2.13 bits per heavy atom. The van der Waals surface area contributed by atoms with Gasteiger partial charge < -0.3 is 14.8 Å². The number of benzene rings is 1. The SMILES string of the molecule is O=C(NC(CO)c1ccco1)c1csc(-c2ccc(Cl)cc2)n1. The molecule has 2 heterocycles. The zero-order valence-electron chi connectivity index (χ0n) is 11.9. The van der Waals surface area contributed by atoms with Gasteiger partial charge in [0.1, 0.15) is 22.5 Å². The molecule has 23 heavy (non-hydrogen) atoms. The molecule has 1 aromatic carbocycles. The molecule has 1 unspecified atom stereocenters. The van der Waals surface area contributed by atoms with E-state index in [1.165, 1.54) is 17.6 Å². The maximum Gasteiger partial charge on any atom is 0.271 e. The minimum atomic E-state index is -0.599. The second kappa shape index (κ2) is 6.95. The number of amides is 1. The first-order valence-corrected chi connectivity index (χ1v) is 8.09. The number of thiazole rings is 1. The van der Waals surface area contributed by atoms with Crippen LogP contribution >= 0.6 is 22.9 Å². The zero-order valence-corrected chi connectivity index (χ0v) is 13.5. The molecule has 5 nitrogen and oxygen atoms in total. The number of carbonyl (C=O) groups is 1. The van der Waals surface area contributed by atoms with Crippen LogP contribution in [0.3, 0.4) is 0 Å². The highest BCUT2D eigenvalue weighted by molar-refractivity contribution is 7.13. The molecule has 0 saturated carbocycles. The van der Waals surface area contributed by atoms with Gasteiger partial charge in [0.05, 0.1) is 12.9 Å². The molecule has 0 aliphatic carbocycles. The fourth-order valence-corrected chi connectivity index (χ4v) is 2.96. The minimum Gasteiger partial charge on any atom is -0.467 e. The molecule has 3 aromatic rings. The van der Waals surface area contributed by atoms with Crippen molar-refractivity contribution in [3.63, 3.8) is 0 Å². The third-order valence-electron chi connectivity index (χ3n) is 3.20. The largest absolute Gasteiger partial charge is 0.467 e. The summed E-state index contributed by atoms with van der Waals surface area (Å²) in [6.07, 6.45) is 1.49. The zero-order chi connectivity index (χ0) is 16.2. The highest BCUT2D eigenvalue weighted by Crippen LogP contribution is 2.25. The Labute approximate surface area is 141 Å². The smallest absolute Gasteiger partial charge is 0.271 e. The quantitative estimate of drug-likeness (QED) is 0.739. The molecular formula is C16H13ClN2O3S. The van der Waals surface area contributed by atoms with Gasteiger partial charge in [-0.1, -0.05) is 23.7 Å². The predicted octanol–water partition coefficient (Wildman–Crippen LogP) is 3.52. The van der Waals surface area contributed by atoms with Crippen molar-refractivity contribution in [2.24, 2.45) is 0 Å². The van der Waals surface area contributed by atoms with Crippen LogP contribution in [0.2, 0.25) is 5.02 Å². The molecule has 1 amide bonds. The number of halogens is 1. The van der Waals surface area contributed by atoms with Gasteiger partial charge in [-0.3, -0.25) is 4.79 Å². The van der Waals surface area contributed by atoms with Gasteiger partial charge in [-0.05, 0) is 24.3 Å². The van der Waals surface area contributed by atoms with Gasteiger partial charge in [-0.15, -0.1) is 11.3 Å². The molecule has 0 bridgehead atoms. The first-order chi connectivity index (χ1) is 11.2. The summed E-state index contributed by atoms with van der Waals surface area (Å²) >= 11 is 7.23. The Morgan fingerprint density at radius 1 is 1.35 bits per heavy atom. The topological polar surface area (TPSA) is 75.4 Å². The van der Waals surface area contributed by atoms with E-state index >= 15 is 0 Å². The average Bonchev–Trinajstić information content (AvgIpc) is 3.24. The summed E-state index contributed by atoms with van der Waals surface area (Å²) in [5.41, 5.74) is 1.19. The number of nitrogens with one attached hydrogen (secondary N) is 1. The Morgan fingerprint density at radius 3 is 2.78 bits per heavy atom. The minimum absolute atomic E-state index is 0.257. The summed E-state index contributed by atoms with van der Waals surface area (Å²) in [5.74, 6) is 0.130. The molecule has 3 rings (SSSR count). The molecular weight excluding hydrogens is 336 g/mol. The van der Waals surface area contributed by atoms with Crippen LogP contribution < -0.4 is 5.32 Å². The third kappa shape index (κ3) is 3.61. The molecule has 0 spiro atoms. The van der Waals surface area contributed by atoms with E-state index in [1.54, 1.807) is 29.6 Å². The van der Waals surface area contributed by atoms with Gasteiger partial charge in [0.15, 0.2) is 0 Å². The van der Waals surface area contributed by atoms with E-state index in [0.717, 1.165) is 10.6 Å². The normalized spacial score (nSPS) is 12.1. The summed E-state index contributed by atoms with van der Waals surface area (Å²) in [5, 5.41) is 15.1. The number of rotatable bonds is 5. The van der Waals surface area contributed by atoms with Crippen molar-refractivity contribution in [3.8, 4) is 10.6 Å². The van der Waals surface area contributed by atoms with Crippen molar-refractivity contribution in [2.75, 3.05) is 6.61 Å². The van der Waals surface area contributed by atoms with E-state index in [-0.39, 0.29) is 12.5 Å². The summed E-state index contributed by atoms with van der Waals surface area (Å²) in [6, 6.07) is 10.0. The molecule has 118 valence electrons. The fourth-order valence-electron chi connectivity index (χ4n) is 2.03. The Kier molecular flexibility index (Phi) is 4.76. The molecule has 0 aliphatic heterocycles. The monoisotopic (exact) mass is 348 g/mol. The maximum atomic E-state index is 12.3. The molecule has 2 N–H and O–H groups in total. The van der Waals surface area contributed by atoms with Crippen molar-refractivity contribution in [1.82, 2.24) is 10.3 Å². The van der Waals surface area contributed by atoms with Crippen LogP contribution in [0.1, 0.15) is 22.3 Å². The van der Waals surface area contributed by atoms with Crippen LogP contribution in [0.15, 0.2) is 52.5 Å². The molecule has 0 aliphatic rings. The summed E-state index contributed by atoms with van der Waals surface area (Å²) in [4.78, 5) is 16.6. The highest BCUT2D eigenvalue weighted by Gasteiger charge is 2.19. The van der Waals surface area contributed by atoms with Crippen molar-refractivity contribution < 1.29 is 14.3 Å². The predicted molar refractivity (Wildman–Crippen MR) is 88.6 cm³/mol. The number of nitrogens with zero attached hydrogens (tertiary/aromatic N) is 1. The fraction of sp³-hybridized carbons (Fsp3) is 0.125. The number of furan rings is 1. The Balaban J connectivity index is 1.74. The van der Waals surface area contributed by atoms with E-state index in [4.69, 9.17) is 16.0 Å². The Hall–Kier alpha value is -2.15. The molecule has 1 atom stereocenters. The summed E-state index contributed by atoms with van der Waals surface area (Å²) in [6.45, 7) is -0.257. The van der Waals surface area contributed by atoms with Crippen LogP contribution in [0.25, 0.3) is 10.6 Å². The first kappa shape index (κ1) is 15.7. The molecule has 0 radical (unpaired) electrons. The van der Waals surface area contributed by atoms with Crippen molar-refractivity contribution in [3.05, 3.63) is 64.5 Å². The Bertz CT molecular complexity index is 784. The van der Waals surface area contributed by atoms with Crippen molar-refractivity contribution in [2.45, 2.75) is 6.04 Å². The average molecular weight is 349 g/mol. The molecule has 0 saturated heterocycles. The van der Waals surface area contributed by atoms with Gasteiger partial charge in [0.25, 0.3) is 5.91 Å². The first-order valence-electron chi connectivity index (χ1n) is 6.84. The van der Waals surface area contributed by atoms with Gasteiger partial charge in [-0.2, -0.15) is 0 Å². The van der Waals surface area contributed by atoms with Gasteiger partial charge in [0.2, 0.25) is 0 Å². The van der Waals surface area contributed by atoms with Crippen LogP contribution in [0.4, 0.5) is 0 Å². The molecule has 7 heteroatoms. The standard InChI is InChI=1S/C16H13ClN2O3S/c17-11-5-3-10(4-6-11)16-19-13(9-23-16)15(21)18-12(8-20)14-2-1-7-22-14/h1-7,9,12,20H,8H2,(H,18,21). The lowest BCUT2D eigenvalue weighted by atomic mass is 10.2. The van der Waals surface area contributed by atoms with Crippen LogP contribution in [-0.2, 0) is 0 Å². The number of aromatic nitrogens is 1. The number of aliphatic hydroxyl groups excluding tert-OH is 1. The van der Waals surface area contributed by atoms with Gasteiger partial charge >= 0.3 is 0 Å². The number of hydrogen-bond acceptors (Lipinski definition) is 5. The van der Waals surface area contributed by atoms with E-state index in [1.807, 2.05) is 12.1 Å². The van der Waals surface area contributed by atoms with E-state index in [2.05, 4.69) is 10.3 Å². The van der Waals surface area contributed by atoms with E-state index in [9.17, 15) is 9.90 Å². The highest BCUT2D eigenvalue weighted by atomic mass is 35.5.